The smallest absolute Gasteiger partial charge is 0.374 e. The minimum atomic E-state index is -0.850. The zero-order chi connectivity index (χ0) is 21.8. The fourth-order valence-corrected chi connectivity index (χ4v) is 3.45. The highest BCUT2D eigenvalue weighted by Gasteiger charge is 2.19. The highest BCUT2D eigenvalue weighted by molar-refractivity contribution is 6.00. The minimum absolute atomic E-state index is 0.228. The maximum atomic E-state index is 12.6. The van der Waals surface area contributed by atoms with E-state index >= 15 is 0 Å². The van der Waals surface area contributed by atoms with Gasteiger partial charge >= 0.3 is 5.97 Å². The van der Waals surface area contributed by atoms with Crippen LogP contribution in [0.4, 0.5) is 0 Å². The van der Waals surface area contributed by atoms with Crippen molar-refractivity contribution in [2.45, 2.75) is 33.7 Å². The van der Waals surface area contributed by atoms with Gasteiger partial charge in [0, 0.05) is 43.3 Å². The molecule has 0 bridgehead atoms. The molecule has 0 spiro atoms. The van der Waals surface area contributed by atoms with Crippen molar-refractivity contribution in [2.24, 2.45) is 0 Å². The Morgan fingerprint density at radius 3 is 2.60 bits per heavy atom. The number of esters is 1. The van der Waals surface area contributed by atoms with E-state index in [4.69, 9.17) is 13.9 Å². The van der Waals surface area contributed by atoms with E-state index in [0.717, 1.165) is 36.0 Å². The van der Waals surface area contributed by atoms with Gasteiger partial charge in [0.05, 0.1) is 5.39 Å². The van der Waals surface area contributed by atoms with Crippen molar-refractivity contribution in [3.05, 3.63) is 68.8 Å². The Hall–Kier alpha value is -3.19. The zero-order valence-corrected chi connectivity index (χ0v) is 17.6. The van der Waals surface area contributed by atoms with Crippen LogP contribution in [-0.4, -0.2) is 36.6 Å². The van der Waals surface area contributed by atoms with Gasteiger partial charge in [-0.2, -0.15) is 0 Å². The summed E-state index contributed by atoms with van der Waals surface area (Å²) in [4.78, 5) is 37.2. The molecule has 1 aromatic carbocycles. The van der Waals surface area contributed by atoms with Crippen molar-refractivity contribution in [3.8, 4) is 0 Å². The van der Waals surface area contributed by atoms with Gasteiger partial charge < -0.3 is 18.5 Å². The van der Waals surface area contributed by atoms with Gasteiger partial charge in [-0.15, -0.1) is 0 Å². The summed E-state index contributed by atoms with van der Waals surface area (Å²) in [5.74, 6) is -1.39. The zero-order valence-electron chi connectivity index (χ0n) is 17.6. The molecule has 0 saturated heterocycles. The highest BCUT2D eigenvalue weighted by Crippen LogP contribution is 2.18. The van der Waals surface area contributed by atoms with Crippen molar-refractivity contribution in [1.82, 2.24) is 4.57 Å². The second-order valence-corrected chi connectivity index (χ2v) is 7.26. The van der Waals surface area contributed by atoms with Gasteiger partial charge in [0.25, 0.3) is 0 Å². The first kappa shape index (κ1) is 21.5. The number of carbonyl (C=O) groups excluding carboxylic acids is 2. The predicted octanol–water partition coefficient (Wildman–Crippen LogP) is 3.60. The normalized spacial score (nSPS) is 11.1. The molecular weight excluding hydrogens is 386 g/mol. The van der Waals surface area contributed by atoms with Crippen LogP contribution in [0, 0.1) is 20.8 Å². The third kappa shape index (κ3) is 4.52. The Kier molecular flexibility index (Phi) is 6.52. The van der Waals surface area contributed by atoms with Gasteiger partial charge in [0.1, 0.15) is 5.58 Å². The fraction of sp³-hybridized carbons (Fsp3) is 0.348. The molecule has 2 aromatic heterocycles. The standard InChI is InChI=1S/C23H25NO6/c1-14-6-7-21-18(10-14)19(25)12-22(30-21)23(27)29-13-20(26)17-11-15(2)24(16(17)3)8-5-9-28-4/h6-7,10-12H,5,8-9,13H2,1-4H3. The SMILES string of the molecule is COCCCn1c(C)cc(C(=O)COC(=O)c2cc(=O)c3cc(C)ccc3o2)c1C. The number of ether oxygens (including phenoxy) is 2. The molecule has 0 radical (unpaired) electrons. The highest BCUT2D eigenvalue weighted by atomic mass is 16.5. The summed E-state index contributed by atoms with van der Waals surface area (Å²) < 4.78 is 17.7. The van der Waals surface area contributed by atoms with Crippen LogP contribution in [-0.2, 0) is 16.0 Å². The molecule has 7 heteroatoms. The lowest BCUT2D eigenvalue weighted by Gasteiger charge is -2.09. The van der Waals surface area contributed by atoms with Crippen molar-refractivity contribution >= 4 is 22.7 Å². The van der Waals surface area contributed by atoms with E-state index in [-0.39, 0.29) is 17.0 Å². The number of benzene rings is 1. The number of Topliss-reactive ketones (excluding diaryl/α,β-unsaturated/α-hetero) is 1. The molecule has 30 heavy (non-hydrogen) atoms. The second-order valence-electron chi connectivity index (χ2n) is 7.26. The van der Waals surface area contributed by atoms with Crippen molar-refractivity contribution < 1.29 is 23.5 Å². The molecule has 7 nitrogen and oxygen atoms in total. The summed E-state index contributed by atoms with van der Waals surface area (Å²) in [5.41, 5.74) is 3.15. The van der Waals surface area contributed by atoms with Gasteiger partial charge in [-0.3, -0.25) is 9.59 Å². The van der Waals surface area contributed by atoms with E-state index < -0.39 is 12.6 Å². The Labute approximate surface area is 174 Å². The van der Waals surface area contributed by atoms with Crippen LogP contribution in [0.1, 0.15) is 44.3 Å². The lowest BCUT2D eigenvalue weighted by atomic mass is 10.1. The van der Waals surface area contributed by atoms with Crippen molar-refractivity contribution in [3.63, 3.8) is 0 Å². The number of rotatable bonds is 8. The van der Waals surface area contributed by atoms with Crippen LogP contribution < -0.4 is 5.43 Å². The van der Waals surface area contributed by atoms with Gasteiger partial charge in [-0.05, 0) is 45.4 Å². The summed E-state index contributed by atoms with van der Waals surface area (Å²) >= 11 is 0. The van der Waals surface area contributed by atoms with Crippen LogP contribution in [0.25, 0.3) is 11.0 Å². The average Bonchev–Trinajstić information content (AvgIpc) is 3.00. The number of fused-ring (bicyclic) bond motifs is 1. The van der Waals surface area contributed by atoms with E-state index in [1.807, 2.05) is 25.3 Å². The molecule has 0 aliphatic heterocycles. The van der Waals surface area contributed by atoms with Crippen LogP contribution in [0.3, 0.4) is 0 Å². The van der Waals surface area contributed by atoms with Crippen LogP contribution in [0.2, 0.25) is 0 Å². The summed E-state index contributed by atoms with van der Waals surface area (Å²) in [7, 11) is 1.65. The first-order valence-corrected chi connectivity index (χ1v) is 9.72. The summed E-state index contributed by atoms with van der Waals surface area (Å²) in [6.45, 7) is 6.58. The first-order chi connectivity index (χ1) is 14.3. The van der Waals surface area contributed by atoms with Gasteiger partial charge in [0.15, 0.2) is 12.0 Å². The third-order valence-corrected chi connectivity index (χ3v) is 5.02. The van der Waals surface area contributed by atoms with Gasteiger partial charge in [0.2, 0.25) is 11.5 Å². The number of aryl methyl sites for hydroxylation is 2. The van der Waals surface area contributed by atoms with E-state index in [9.17, 15) is 14.4 Å². The van der Waals surface area contributed by atoms with E-state index in [2.05, 4.69) is 0 Å². The summed E-state index contributed by atoms with van der Waals surface area (Å²) in [6, 6.07) is 7.99. The molecule has 158 valence electrons. The molecule has 0 atom stereocenters. The lowest BCUT2D eigenvalue weighted by molar-refractivity contribution is 0.0444. The van der Waals surface area contributed by atoms with Crippen molar-refractivity contribution in [2.75, 3.05) is 20.3 Å². The minimum Gasteiger partial charge on any atom is -0.451 e. The quantitative estimate of drug-likeness (QED) is 0.320. The number of ketones is 1. The molecular formula is C23H25NO6. The molecule has 2 heterocycles. The number of nitrogens with zero attached hydrogens (tertiary/aromatic N) is 1. The van der Waals surface area contributed by atoms with Gasteiger partial charge in [-0.25, -0.2) is 4.79 Å². The third-order valence-electron chi connectivity index (χ3n) is 5.02. The molecule has 0 aliphatic rings. The predicted molar refractivity (Wildman–Crippen MR) is 112 cm³/mol. The number of hydrogen-bond acceptors (Lipinski definition) is 6. The average molecular weight is 411 g/mol. The fourth-order valence-electron chi connectivity index (χ4n) is 3.45. The lowest BCUT2D eigenvalue weighted by Crippen LogP contribution is -2.16. The Morgan fingerprint density at radius 1 is 1.10 bits per heavy atom. The Balaban J connectivity index is 1.71. The number of methoxy groups -OCH3 is 1. The largest absolute Gasteiger partial charge is 0.451 e. The molecule has 0 saturated carbocycles. The van der Waals surface area contributed by atoms with E-state index in [0.29, 0.717) is 23.1 Å². The topological polar surface area (TPSA) is 87.7 Å². The van der Waals surface area contributed by atoms with Crippen LogP contribution in [0.15, 0.2) is 39.5 Å². The number of hydrogen-bond donors (Lipinski definition) is 0. The summed E-state index contributed by atoms with van der Waals surface area (Å²) in [6.07, 6.45) is 0.829. The maximum Gasteiger partial charge on any atom is 0.374 e. The van der Waals surface area contributed by atoms with Crippen LogP contribution in [0.5, 0.6) is 0 Å². The Morgan fingerprint density at radius 2 is 1.87 bits per heavy atom. The van der Waals surface area contributed by atoms with E-state index in [1.54, 1.807) is 31.4 Å². The Bertz CT molecular complexity index is 1150. The molecule has 3 rings (SSSR count). The summed E-state index contributed by atoms with van der Waals surface area (Å²) in [5, 5.41) is 0.392. The molecule has 0 N–H and O–H groups in total. The van der Waals surface area contributed by atoms with Gasteiger partial charge in [-0.1, -0.05) is 11.6 Å². The number of aromatic nitrogens is 1. The second kappa shape index (κ2) is 9.09. The first-order valence-electron chi connectivity index (χ1n) is 9.72. The monoisotopic (exact) mass is 411 g/mol. The molecule has 3 aromatic rings. The molecule has 0 fully saturated rings. The number of carbonyl (C=O) groups is 2. The molecule has 0 amide bonds. The maximum absolute atomic E-state index is 12.6. The van der Waals surface area contributed by atoms with Crippen LogP contribution >= 0.6 is 0 Å². The molecule has 0 aliphatic carbocycles. The molecule has 0 unspecified atom stereocenters. The van der Waals surface area contributed by atoms with Crippen molar-refractivity contribution in [1.29, 1.82) is 0 Å². The van der Waals surface area contributed by atoms with E-state index in [1.165, 1.54) is 0 Å².